The van der Waals surface area contributed by atoms with Gasteiger partial charge in [-0.05, 0) is 24.3 Å². The maximum absolute atomic E-state index is 13.3. The van der Waals surface area contributed by atoms with Crippen LogP contribution in [0.3, 0.4) is 0 Å². The summed E-state index contributed by atoms with van der Waals surface area (Å²) in [6, 6.07) is 5.40. The second-order valence-corrected chi connectivity index (χ2v) is 5.43. The first-order valence-electron chi connectivity index (χ1n) is 4.48. The molecule has 0 fully saturated rings. The third-order valence-electron chi connectivity index (χ3n) is 2.01. The van der Waals surface area contributed by atoms with Crippen LogP contribution in [0.5, 0.6) is 0 Å². The van der Waals surface area contributed by atoms with Gasteiger partial charge in [0.15, 0.2) is 10.8 Å². The topological polar surface area (TPSA) is 59.9 Å². The standard InChI is InChI=1S/C10H6ClFN2O2S/c11-7-1-3-8(4-2-7)17(15,16)10-9(12)5-13-6-14-10/h1-6H. The second kappa shape index (κ2) is 4.38. The minimum Gasteiger partial charge on any atom is -0.242 e. The molecule has 0 aliphatic rings. The highest BCUT2D eigenvalue weighted by molar-refractivity contribution is 7.91. The van der Waals surface area contributed by atoms with E-state index >= 15 is 0 Å². The molecule has 0 atom stereocenters. The van der Waals surface area contributed by atoms with Gasteiger partial charge in [-0.25, -0.2) is 22.8 Å². The Bertz CT molecular complexity index is 644. The lowest BCUT2D eigenvalue weighted by Crippen LogP contribution is -2.07. The Labute approximate surface area is 102 Å². The van der Waals surface area contributed by atoms with Gasteiger partial charge >= 0.3 is 0 Å². The molecule has 2 rings (SSSR count). The molecule has 88 valence electrons. The average molecular weight is 273 g/mol. The van der Waals surface area contributed by atoms with Crippen molar-refractivity contribution < 1.29 is 12.8 Å². The van der Waals surface area contributed by atoms with E-state index in [2.05, 4.69) is 9.97 Å². The zero-order valence-electron chi connectivity index (χ0n) is 8.34. The molecule has 0 bridgehead atoms. The van der Waals surface area contributed by atoms with Crippen LogP contribution in [0.4, 0.5) is 4.39 Å². The van der Waals surface area contributed by atoms with Gasteiger partial charge in [-0.3, -0.25) is 0 Å². The number of sulfone groups is 1. The molecule has 0 aliphatic heterocycles. The number of aromatic nitrogens is 2. The highest BCUT2D eigenvalue weighted by Gasteiger charge is 2.23. The molecule has 0 saturated carbocycles. The molecule has 2 aromatic rings. The van der Waals surface area contributed by atoms with Gasteiger partial charge in [0.25, 0.3) is 0 Å². The Balaban J connectivity index is 2.58. The number of nitrogens with zero attached hydrogens (tertiary/aromatic N) is 2. The molecule has 0 unspecified atom stereocenters. The molecule has 1 aromatic carbocycles. The number of benzene rings is 1. The lowest BCUT2D eigenvalue weighted by Gasteiger charge is -2.03. The molecule has 0 N–H and O–H groups in total. The van der Waals surface area contributed by atoms with Gasteiger partial charge in [0.1, 0.15) is 6.33 Å². The number of hydrogen-bond donors (Lipinski definition) is 0. The molecule has 0 radical (unpaired) electrons. The van der Waals surface area contributed by atoms with Crippen molar-refractivity contribution in [2.45, 2.75) is 9.92 Å². The van der Waals surface area contributed by atoms with Crippen molar-refractivity contribution in [3.8, 4) is 0 Å². The Morgan fingerprint density at radius 1 is 1.18 bits per heavy atom. The van der Waals surface area contributed by atoms with Crippen LogP contribution in [0.1, 0.15) is 0 Å². The zero-order valence-corrected chi connectivity index (χ0v) is 9.91. The fourth-order valence-electron chi connectivity index (χ4n) is 1.22. The minimum absolute atomic E-state index is 0.0699. The van der Waals surface area contributed by atoms with E-state index in [0.717, 1.165) is 12.5 Å². The Morgan fingerprint density at radius 2 is 1.82 bits per heavy atom. The van der Waals surface area contributed by atoms with Gasteiger partial charge in [0.05, 0.1) is 11.1 Å². The Kier molecular flexibility index (Phi) is 3.08. The quantitative estimate of drug-likeness (QED) is 0.786. The maximum atomic E-state index is 13.3. The van der Waals surface area contributed by atoms with Gasteiger partial charge in [0, 0.05) is 5.02 Å². The molecule has 0 amide bonds. The summed E-state index contributed by atoms with van der Waals surface area (Å²) < 4.78 is 37.3. The van der Waals surface area contributed by atoms with Crippen LogP contribution in [-0.4, -0.2) is 18.4 Å². The second-order valence-electron chi connectivity index (χ2n) is 3.13. The fraction of sp³-hybridized carbons (Fsp3) is 0. The third kappa shape index (κ3) is 2.27. The molecule has 4 nitrogen and oxygen atoms in total. The molecule has 1 heterocycles. The molecule has 1 aromatic heterocycles. The highest BCUT2D eigenvalue weighted by atomic mass is 35.5. The molecule has 0 saturated heterocycles. The van der Waals surface area contributed by atoms with Crippen LogP contribution in [0, 0.1) is 5.82 Å². The molecular weight excluding hydrogens is 267 g/mol. The number of hydrogen-bond acceptors (Lipinski definition) is 4. The monoisotopic (exact) mass is 272 g/mol. The van der Waals surface area contributed by atoms with E-state index in [1.807, 2.05) is 0 Å². The number of rotatable bonds is 2. The van der Waals surface area contributed by atoms with Crippen molar-refractivity contribution >= 4 is 21.4 Å². The van der Waals surface area contributed by atoms with Gasteiger partial charge in [0.2, 0.25) is 9.84 Å². The summed E-state index contributed by atoms with van der Waals surface area (Å²) in [5.74, 6) is -0.984. The van der Waals surface area contributed by atoms with Crippen LogP contribution < -0.4 is 0 Å². The molecule has 17 heavy (non-hydrogen) atoms. The van der Waals surface area contributed by atoms with Crippen molar-refractivity contribution in [3.63, 3.8) is 0 Å². The summed E-state index contributed by atoms with van der Waals surface area (Å²) in [4.78, 5) is 6.77. The third-order valence-corrected chi connectivity index (χ3v) is 3.97. The first-order chi connectivity index (χ1) is 8.01. The van der Waals surface area contributed by atoms with Crippen LogP contribution in [0.15, 0.2) is 46.7 Å². The van der Waals surface area contributed by atoms with E-state index in [1.165, 1.54) is 24.3 Å². The van der Waals surface area contributed by atoms with Crippen molar-refractivity contribution in [3.05, 3.63) is 47.6 Å². The van der Waals surface area contributed by atoms with E-state index in [0.29, 0.717) is 5.02 Å². The van der Waals surface area contributed by atoms with Crippen LogP contribution in [0.25, 0.3) is 0 Å². The Morgan fingerprint density at radius 3 is 2.41 bits per heavy atom. The lowest BCUT2D eigenvalue weighted by molar-refractivity contribution is 0.548. The maximum Gasteiger partial charge on any atom is 0.226 e. The molecule has 0 spiro atoms. The summed E-state index contributed by atoms with van der Waals surface area (Å²) in [7, 11) is -3.97. The molecular formula is C10H6ClFN2O2S. The summed E-state index contributed by atoms with van der Waals surface area (Å²) in [5.41, 5.74) is 0. The summed E-state index contributed by atoms with van der Waals surface area (Å²) in [6.45, 7) is 0. The van der Waals surface area contributed by atoms with Gasteiger partial charge < -0.3 is 0 Å². The van der Waals surface area contributed by atoms with Crippen molar-refractivity contribution in [2.75, 3.05) is 0 Å². The van der Waals surface area contributed by atoms with E-state index < -0.39 is 20.7 Å². The van der Waals surface area contributed by atoms with Crippen molar-refractivity contribution in [1.29, 1.82) is 0 Å². The lowest BCUT2D eigenvalue weighted by atomic mass is 10.4. The predicted octanol–water partition coefficient (Wildman–Crippen LogP) is 2.10. The van der Waals surface area contributed by atoms with Crippen LogP contribution in [-0.2, 0) is 9.84 Å². The minimum atomic E-state index is -3.97. The molecule has 7 heteroatoms. The van der Waals surface area contributed by atoms with Crippen LogP contribution >= 0.6 is 11.6 Å². The van der Waals surface area contributed by atoms with Gasteiger partial charge in [-0.1, -0.05) is 11.6 Å². The first-order valence-corrected chi connectivity index (χ1v) is 6.34. The average Bonchev–Trinajstić information content (AvgIpc) is 2.30. The largest absolute Gasteiger partial charge is 0.242 e. The smallest absolute Gasteiger partial charge is 0.226 e. The van der Waals surface area contributed by atoms with Crippen LogP contribution in [0.2, 0.25) is 5.02 Å². The molecule has 0 aliphatic carbocycles. The summed E-state index contributed by atoms with van der Waals surface area (Å²) in [5, 5.41) is -0.248. The number of halogens is 2. The normalized spacial score (nSPS) is 11.4. The highest BCUT2D eigenvalue weighted by Crippen LogP contribution is 2.22. The predicted molar refractivity (Wildman–Crippen MR) is 58.9 cm³/mol. The van der Waals surface area contributed by atoms with Gasteiger partial charge in [-0.15, -0.1) is 0 Å². The zero-order chi connectivity index (χ0) is 12.5. The Hall–Kier alpha value is -1.53. The summed E-state index contributed by atoms with van der Waals surface area (Å²) in [6.07, 6.45) is 1.78. The first kappa shape index (κ1) is 11.9. The van der Waals surface area contributed by atoms with Gasteiger partial charge in [-0.2, -0.15) is 0 Å². The van der Waals surface area contributed by atoms with E-state index in [4.69, 9.17) is 11.6 Å². The van der Waals surface area contributed by atoms with Crippen molar-refractivity contribution in [2.24, 2.45) is 0 Å². The fourth-order valence-corrected chi connectivity index (χ4v) is 2.56. The summed E-state index contributed by atoms with van der Waals surface area (Å²) >= 11 is 5.64. The van der Waals surface area contributed by atoms with E-state index in [1.54, 1.807) is 0 Å². The van der Waals surface area contributed by atoms with E-state index in [9.17, 15) is 12.8 Å². The van der Waals surface area contributed by atoms with E-state index in [-0.39, 0.29) is 4.90 Å². The SMILES string of the molecule is O=S(=O)(c1ccc(Cl)cc1)c1ncncc1F. The van der Waals surface area contributed by atoms with Crippen molar-refractivity contribution in [1.82, 2.24) is 9.97 Å².